The van der Waals surface area contributed by atoms with E-state index in [2.05, 4.69) is 22.2 Å². The summed E-state index contributed by atoms with van der Waals surface area (Å²) in [7, 11) is 0. The van der Waals surface area contributed by atoms with Crippen molar-refractivity contribution in [1.29, 1.82) is 0 Å². The molecule has 0 aromatic carbocycles. The zero-order valence-corrected chi connectivity index (χ0v) is 9.89. The number of carboxylic acids is 1. The molecule has 17 heavy (non-hydrogen) atoms. The zero-order chi connectivity index (χ0) is 12.3. The van der Waals surface area contributed by atoms with Gasteiger partial charge in [-0.25, -0.2) is 14.8 Å². The van der Waals surface area contributed by atoms with Gasteiger partial charge in [-0.2, -0.15) is 0 Å². The minimum absolute atomic E-state index is 0.393. The van der Waals surface area contributed by atoms with Crippen molar-refractivity contribution in [3.05, 3.63) is 18.5 Å². The Balaban J connectivity index is 2.15. The molecule has 0 spiro atoms. The minimum atomic E-state index is -0.895. The molecular formula is C12H17N3O2. The highest BCUT2D eigenvalue weighted by molar-refractivity contribution is 5.82. The monoisotopic (exact) mass is 235 g/mol. The van der Waals surface area contributed by atoms with Crippen molar-refractivity contribution in [2.45, 2.75) is 38.1 Å². The van der Waals surface area contributed by atoms with Crippen LogP contribution in [-0.4, -0.2) is 26.6 Å². The molecule has 0 aliphatic heterocycles. The predicted octanol–water partition coefficient (Wildman–Crippen LogP) is 1.92. The summed E-state index contributed by atoms with van der Waals surface area (Å²) in [4.78, 5) is 19.5. The van der Waals surface area contributed by atoms with Crippen molar-refractivity contribution in [3.63, 3.8) is 0 Å². The third kappa shape index (κ3) is 2.54. The molecule has 1 fully saturated rings. The van der Waals surface area contributed by atoms with Crippen LogP contribution in [0.25, 0.3) is 0 Å². The number of nitrogens with one attached hydrogen (secondary N) is 1. The Bertz CT molecular complexity index is 386. The molecule has 1 saturated carbocycles. The molecule has 0 bridgehead atoms. The van der Waals surface area contributed by atoms with Gasteiger partial charge in [-0.3, -0.25) is 0 Å². The number of anilines is 1. The lowest BCUT2D eigenvalue weighted by atomic mass is 9.77. The van der Waals surface area contributed by atoms with Gasteiger partial charge in [0.15, 0.2) is 0 Å². The molecule has 2 rings (SSSR count). The molecule has 1 aromatic rings. The van der Waals surface area contributed by atoms with Gasteiger partial charge in [0.05, 0.1) is 0 Å². The van der Waals surface area contributed by atoms with E-state index in [1.54, 1.807) is 18.5 Å². The van der Waals surface area contributed by atoms with Gasteiger partial charge in [0, 0.05) is 12.4 Å². The Morgan fingerprint density at radius 3 is 2.53 bits per heavy atom. The van der Waals surface area contributed by atoms with Gasteiger partial charge in [0.25, 0.3) is 0 Å². The quantitative estimate of drug-likeness (QED) is 0.837. The van der Waals surface area contributed by atoms with Crippen molar-refractivity contribution >= 4 is 11.9 Å². The van der Waals surface area contributed by atoms with Gasteiger partial charge in [0.1, 0.15) is 5.54 Å². The van der Waals surface area contributed by atoms with Crippen LogP contribution in [0.5, 0.6) is 0 Å². The predicted molar refractivity (Wildman–Crippen MR) is 63.7 cm³/mol. The van der Waals surface area contributed by atoms with E-state index in [1.807, 2.05) is 0 Å². The first-order valence-electron chi connectivity index (χ1n) is 5.91. The van der Waals surface area contributed by atoms with E-state index in [0.717, 1.165) is 12.8 Å². The van der Waals surface area contributed by atoms with Gasteiger partial charge in [-0.15, -0.1) is 0 Å². The smallest absolute Gasteiger partial charge is 0.329 e. The highest BCUT2D eigenvalue weighted by atomic mass is 16.4. The molecular weight excluding hydrogens is 218 g/mol. The highest BCUT2D eigenvalue weighted by Crippen LogP contribution is 2.34. The lowest BCUT2D eigenvalue weighted by Gasteiger charge is -2.36. The maximum absolute atomic E-state index is 11.5. The Labute approximate surface area is 100 Å². The molecule has 1 aliphatic carbocycles. The number of carbonyl (C=O) groups is 1. The molecule has 0 unspecified atom stereocenters. The fourth-order valence-corrected chi connectivity index (χ4v) is 2.22. The topological polar surface area (TPSA) is 75.1 Å². The lowest BCUT2D eigenvalue weighted by Crippen LogP contribution is -2.49. The Morgan fingerprint density at radius 1 is 1.41 bits per heavy atom. The van der Waals surface area contributed by atoms with Crippen molar-refractivity contribution < 1.29 is 9.90 Å². The van der Waals surface area contributed by atoms with Crippen LogP contribution in [0.1, 0.15) is 32.6 Å². The van der Waals surface area contributed by atoms with E-state index in [9.17, 15) is 9.90 Å². The Kier molecular flexibility index (Phi) is 3.26. The number of aliphatic carboxylic acids is 1. The largest absolute Gasteiger partial charge is 0.480 e. The van der Waals surface area contributed by atoms with Crippen molar-refractivity contribution in [2.24, 2.45) is 5.92 Å². The van der Waals surface area contributed by atoms with Crippen LogP contribution in [0.15, 0.2) is 18.5 Å². The molecule has 1 aromatic heterocycles. The fourth-order valence-electron chi connectivity index (χ4n) is 2.22. The maximum Gasteiger partial charge on any atom is 0.329 e. The minimum Gasteiger partial charge on any atom is -0.480 e. The molecule has 5 nitrogen and oxygen atoms in total. The molecule has 2 N–H and O–H groups in total. The molecule has 92 valence electrons. The first kappa shape index (κ1) is 11.8. The van der Waals surface area contributed by atoms with Gasteiger partial charge in [-0.1, -0.05) is 6.92 Å². The van der Waals surface area contributed by atoms with Crippen molar-refractivity contribution in [2.75, 3.05) is 5.32 Å². The average Bonchev–Trinajstić information content (AvgIpc) is 2.33. The lowest BCUT2D eigenvalue weighted by molar-refractivity contribution is -0.143. The van der Waals surface area contributed by atoms with E-state index >= 15 is 0 Å². The van der Waals surface area contributed by atoms with Crippen molar-refractivity contribution in [3.8, 4) is 0 Å². The molecule has 1 heterocycles. The molecule has 0 amide bonds. The highest BCUT2D eigenvalue weighted by Gasteiger charge is 2.41. The summed E-state index contributed by atoms with van der Waals surface area (Å²) in [6.45, 7) is 2.16. The van der Waals surface area contributed by atoms with E-state index in [4.69, 9.17) is 0 Å². The van der Waals surface area contributed by atoms with Crippen LogP contribution < -0.4 is 5.32 Å². The molecule has 0 radical (unpaired) electrons. The SMILES string of the molecule is CC1CCC(Nc2ncccn2)(C(=O)O)CC1. The van der Waals surface area contributed by atoms with Gasteiger partial charge in [-0.05, 0) is 37.7 Å². The normalized spacial score (nSPS) is 28.6. The molecule has 0 saturated heterocycles. The summed E-state index contributed by atoms with van der Waals surface area (Å²) >= 11 is 0. The number of carboxylic acid groups (broad SMARTS) is 1. The maximum atomic E-state index is 11.5. The van der Waals surface area contributed by atoms with E-state index < -0.39 is 11.5 Å². The van der Waals surface area contributed by atoms with Crippen LogP contribution in [0, 0.1) is 5.92 Å². The van der Waals surface area contributed by atoms with Crippen LogP contribution in [0.2, 0.25) is 0 Å². The summed E-state index contributed by atoms with van der Waals surface area (Å²) in [5, 5.41) is 12.4. The molecule has 1 aliphatic rings. The van der Waals surface area contributed by atoms with Crippen molar-refractivity contribution in [1.82, 2.24) is 9.97 Å². The number of nitrogens with zero attached hydrogens (tertiary/aromatic N) is 2. The van der Waals surface area contributed by atoms with Gasteiger partial charge >= 0.3 is 5.97 Å². The van der Waals surface area contributed by atoms with Crippen LogP contribution in [0.4, 0.5) is 5.95 Å². The van der Waals surface area contributed by atoms with E-state index in [0.29, 0.717) is 24.7 Å². The van der Waals surface area contributed by atoms with Gasteiger partial charge in [0.2, 0.25) is 5.95 Å². The van der Waals surface area contributed by atoms with E-state index in [1.165, 1.54) is 0 Å². The van der Waals surface area contributed by atoms with Gasteiger partial charge < -0.3 is 10.4 Å². The summed E-state index contributed by atoms with van der Waals surface area (Å²) in [6, 6.07) is 1.71. The summed E-state index contributed by atoms with van der Waals surface area (Å²) in [5.41, 5.74) is -0.895. The first-order valence-corrected chi connectivity index (χ1v) is 5.91. The summed E-state index contributed by atoms with van der Waals surface area (Å²) < 4.78 is 0. The summed E-state index contributed by atoms with van der Waals surface area (Å²) in [6.07, 6.45) is 6.31. The van der Waals surface area contributed by atoms with Crippen LogP contribution >= 0.6 is 0 Å². The number of hydrogen-bond acceptors (Lipinski definition) is 4. The fraction of sp³-hybridized carbons (Fsp3) is 0.583. The third-order valence-electron chi connectivity index (χ3n) is 3.45. The van der Waals surface area contributed by atoms with Crippen LogP contribution in [-0.2, 0) is 4.79 Å². The second-order valence-corrected chi connectivity index (χ2v) is 4.77. The second kappa shape index (κ2) is 4.69. The molecule has 0 atom stereocenters. The Morgan fingerprint density at radius 2 is 2.00 bits per heavy atom. The number of rotatable bonds is 3. The number of aromatic nitrogens is 2. The van der Waals surface area contributed by atoms with Crippen LogP contribution in [0.3, 0.4) is 0 Å². The third-order valence-corrected chi connectivity index (χ3v) is 3.45. The second-order valence-electron chi connectivity index (χ2n) is 4.77. The molecule has 5 heteroatoms. The zero-order valence-electron chi connectivity index (χ0n) is 9.89. The Hall–Kier alpha value is -1.65. The first-order chi connectivity index (χ1) is 8.12. The van der Waals surface area contributed by atoms with E-state index in [-0.39, 0.29) is 0 Å². The standard InChI is InChI=1S/C12H17N3O2/c1-9-3-5-12(6-4-9,10(16)17)15-11-13-7-2-8-14-11/h2,7-9H,3-6H2,1H3,(H,16,17)(H,13,14,15). The average molecular weight is 235 g/mol. The summed E-state index contributed by atoms with van der Waals surface area (Å²) in [5.74, 6) is 0.183. The number of hydrogen-bond donors (Lipinski definition) is 2.